The molecule has 232 valence electrons. The molecule has 0 aliphatic carbocycles. The summed E-state index contributed by atoms with van der Waals surface area (Å²) in [6.45, 7) is 8.06. The Morgan fingerprint density at radius 2 is 1.39 bits per heavy atom. The SMILES string of the molecule is CCCCCCCCCC(CCCCCCCC)OCCCN(N)C(=O)C(N=Nc1ccccc1C(C)=O)=C(C)O. The number of ketones is 1. The molecule has 1 unspecified atom stereocenters. The summed E-state index contributed by atoms with van der Waals surface area (Å²) in [6.07, 6.45) is 19.6. The zero-order valence-corrected chi connectivity index (χ0v) is 26.2. The van der Waals surface area contributed by atoms with Crippen molar-refractivity contribution in [2.45, 2.75) is 137 Å². The molecule has 1 rings (SSSR count). The predicted octanol–water partition coefficient (Wildman–Crippen LogP) is 9.13. The molecule has 1 amide bonds. The molecule has 8 nitrogen and oxygen atoms in total. The molecular formula is C33H56N4O4. The molecule has 8 heteroatoms. The average Bonchev–Trinajstić information content (AvgIpc) is 2.95. The molecule has 1 aromatic carbocycles. The van der Waals surface area contributed by atoms with E-state index < -0.39 is 5.91 Å². The number of unbranched alkanes of at least 4 members (excludes halogenated alkanes) is 11. The van der Waals surface area contributed by atoms with Crippen LogP contribution in [0.1, 0.15) is 141 Å². The summed E-state index contributed by atoms with van der Waals surface area (Å²) < 4.78 is 6.27. The van der Waals surface area contributed by atoms with Crippen molar-refractivity contribution in [1.29, 1.82) is 0 Å². The number of nitrogens with zero attached hydrogens (tertiary/aromatic N) is 3. The lowest BCUT2D eigenvalue weighted by molar-refractivity contribution is -0.128. The van der Waals surface area contributed by atoms with Crippen LogP contribution in [0.25, 0.3) is 0 Å². The van der Waals surface area contributed by atoms with Crippen molar-refractivity contribution < 1.29 is 19.4 Å². The summed E-state index contributed by atoms with van der Waals surface area (Å²) in [5, 5.41) is 19.1. The minimum Gasteiger partial charge on any atom is -0.510 e. The smallest absolute Gasteiger partial charge is 0.291 e. The number of azo groups is 1. The lowest BCUT2D eigenvalue weighted by atomic mass is 10.0. The first-order chi connectivity index (χ1) is 19.8. The molecule has 1 aromatic rings. The molecule has 0 bridgehead atoms. The van der Waals surface area contributed by atoms with Crippen molar-refractivity contribution in [2.75, 3.05) is 13.2 Å². The monoisotopic (exact) mass is 572 g/mol. The number of hydrogen-bond acceptors (Lipinski definition) is 7. The van der Waals surface area contributed by atoms with E-state index in [0.29, 0.717) is 24.3 Å². The maximum absolute atomic E-state index is 12.9. The Hall–Kier alpha value is -2.58. The van der Waals surface area contributed by atoms with Crippen molar-refractivity contribution in [3.05, 3.63) is 41.3 Å². The van der Waals surface area contributed by atoms with Crippen molar-refractivity contribution in [1.82, 2.24) is 5.01 Å². The van der Waals surface area contributed by atoms with Crippen LogP contribution in [-0.4, -0.2) is 41.1 Å². The first-order valence-corrected chi connectivity index (χ1v) is 15.9. The van der Waals surface area contributed by atoms with Gasteiger partial charge >= 0.3 is 0 Å². The van der Waals surface area contributed by atoms with Crippen LogP contribution in [0, 0.1) is 0 Å². The van der Waals surface area contributed by atoms with Gasteiger partial charge in [-0.1, -0.05) is 109 Å². The zero-order chi connectivity index (χ0) is 30.3. The van der Waals surface area contributed by atoms with E-state index in [2.05, 4.69) is 24.1 Å². The molecule has 0 radical (unpaired) electrons. The van der Waals surface area contributed by atoms with E-state index >= 15 is 0 Å². The van der Waals surface area contributed by atoms with Crippen LogP contribution >= 0.6 is 0 Å². The van der Waals surface area contributed by atoms with E-state index in [1.807, 2.05) is 0 Å². The van der Waals surface area contributed by atoms with Gasteiger partial charge in [0.05, 0.1) is 11.8 Å². The molecule has 0 saturated carbocycles. The van der Waals surface area contributed by atoms with E-state index in [0.717, 1.165) is 17.9 Å². The highest BCUT2D eigenvalue weighted by atomic mass is 16.5. The summed E-state index contributed by atoms with van der Waals surface area (Å²) in [5.41, 5.74) is 0.444. The molecule has 41 heavy (non-hydrogen) atoms. The second kappa shape index (κ2) is 23.0. The number of aliphatic hydroxyl groups excluding tert-OH is 1. The standard InChI is InChI=1S/C33H56N4O4/c1-5-7-9-11-13-15-17-22-29(21-16-14-12-10-8-6-2)41-26-20-25-37(34)33(40)32(28(4)39)36-35-31-24-19-18-23-30(31)27(3)38/h18-19,23-24,29,39H,5-17,20-22,25-26,34H2,1-4H3. The Kier molecular flexibility index (Phi) is 20.5. The maximum Gasteiger partial charge on any atom is 0.291 e. The van der Waals surface area contributed by atoms with Crippen molar-refractivity contribution in [2.24, 2.45) is 16.1 Å². The van der Waals surface area contributed by atoms with Crippen LogP contribution < -0.4 is 5.84 Å². The molecule has 0 aliphatic rings. The molecule has 0 fully saturated rings. The minimum atomic E-state index is -0.638. The van der Waals surface area contributed by atoms with E-state index in [9.17, 15) is 14.7 Å². The highest BCUT2D eigenvalue weighted by molar-refractivity contribution is 5.98. The number of amides is 1. The number of aliphatic hydroxyl groups is 1. The third-order valence-corrected chi connectivity index (χ3v) is 7.25. The lowest BCUT2D eigenvalue weighted by Gasteiger charge is -2.20. The first-order valence-electron chi connectivity index (χ1n) is 15.9. The molecule has 0 saturated heterocycles. The number of rotatable bonds is 24. The van der Waals surface area contributed by atoms with Crippen LogP contribution in [0.3, 0.4) is 0 Å². The molecule has 0 spiro atoms. The largest absolute Gasteiger partial charge is 0.510 e. The van der Waals surface area contributed by atoms with Crippen LogP contribution in [0.5, 0.6) is 0 Å². The van der Waals surface area contributed by atoms with E-state index in [4.69, 9.17) is 10.6 Å². The summed E-state index contributed by atoms with van der Waals surface area (Å²) in [7, 11) is 0. The number of benzene rings is 1. The molecule has 0 heterocycles. The van der Waals surface area contributed by atoms with Gasteiger partial charge in [0.1, 0.15) is 5.76 Å². The quantitative estimate of drug-likeness (QED) is 0.0187. The number of allylic oxidation sites excluding steroid dienone is 1. The van der Waals surface area contributed by atoms with Crippen molar-refractivity contribution >= 4 is 17.4 Å². The number of hydrogen-bond donors (Lipinski definition) is 2. The highest BCUT2D eigenvalue weighted by Gasteiger charge is 2.19. The molecular weight excluding hydrogens is 516 g/mol. The minimum absolute atomic E-state index is 0.167. The number of carbonyl (C=O) groups excluding carboxylic acids is 2. The van der Waals surface area contributed by atoms with Crippen LogP contribution in [0.15, 0.2) is 46.0 Å². The third kappa shape index (κ3) is 16.5. The van der Waals surface area contributed by atoms with Gasteiger partial charge in [-0.3, -0.25) is 14.6 Å². The molecule has 0 aromatic heterocycles. The van der Waals surface area contributed by atoms with E-state index in [1.165, 1.54) is 97.3 Å². The maximum atomic E-state index is 12.9. The third-order valence-electron chi connectivity index (χ3n) is 7.25. The van der Waals surface area contributed by atoms with Gasteiger partial charge in [0.15, 0.2) is 11.5 Å². The van der Waals surface area contributed by atoms with Crippen molar-refractivity contribution in [3.8, 4) is 0 Å². The average molecular weight is 573 g/mol. The van der Waals surface area contributed by atoms with Gasteiger partial charge in [-0.05, 0) is 45.2 Å². The molecule has 3 N–H and O–H groups in total. The Balaban J connectivity index is 2.58. The fourth-order valence-electron chi connectivity index (χ4n) is 4.75. The van der Waals surface area contributed by atoms with Gasteiger partial charge in [-0.15, -0.1) is 10.2 Å². The zero-order valence-electron chi connectivity index (χ0n) is 26.2. The fraction of sp³-hybridized carbons (Fsp3) is 0.697. The fourth-order valence-corrected chi connectivity index (χ4v) is 4.75. The number of hydrazine groups is 1. The van der Waals surface area contributed by atoms with Crippen LogP contribution in [0.4, 0.5) is 5.69 Å². The van der Waals surface area contributed by atoms with Gasteiger partial charge < -0.3 is 9.84 Å². The molecule has 0 aliphatic heterocycles. The van der Waals surface area contributed by atoms with Gasteiger partial charge in [-0.25, -0.2) is 5.84 Å². The topological polar surface area (TPSA) is 118 Å². The van der Waals surface area contributed by atoms with Crippen LogP contribution in [0.2, 0.25) is 0 Å². The summed E-state index contributed by atoms with van der Waals surface area (Å²) in [6, 6.07) is 6.71. The Morgan fingerprint density at radius 1 is 0.854 bits per heavy atom. The lowest BCUT2D eigenvalue weighted by Crippen LogP contribution is -2.39. The number of carbonyl (C=O) groups is 2. The van der Waals surface area contributed by atoms with Crippen molar-refractivity contribution in [3.63, 3.8) is 0 Å². The first kappa shape index (κ1) is 36.4. The summed E-state index contributed by atoms with van der Waals surface area (Å²) in [4.78, 5) is 24.7. The molecule has 1 atom stereocenters. The normalized spacial score (nSPS) is 12.9. The summed E-state index contributed by atoms with van der Waals surface area (Å²) >= 11 is 0. The Labute approximate surface area is 248 Å². The van der Waals surface area contributed by atoms with Gasteiger partial charge in [0, 0.05) is 18.7 Å². The Morgan fingerprint density at radius 3 is 1.93 bits per heavy atom. The summed E-state index contributed by atoms with van der Waals surface area (Å²) in [5.74, 6) is 4.94. The highest BCUT2D eigenvalue weighted by Crippen LogP contribution is 2.22. The van der Waals surface area contributed by atoms with Gasteiger partial charge in [0.25, 0.3) is 5.91 Å². The van der Waals surface area contributed by atoms with E-state index in [1.54, 1.807) is 24.3 Å². The van der Waals surface area contributed by atoms with Crippen LogP contribution in [-0.2, 0) is 9.53 Å². The van der Waals surface area contributed by atoms with Gasteiger partial charge in [0.2, 0.25) is 0 Å². The number of nitrogens with two attached hydrogens (primary N) is 1. The Bertz CT molecular complexity index is 928. The number of Topliss-reactive ketones (excluding diaryl/α,β-unsaturated/α-hetero) is 1. The number of ether oxygens (including phenoxy) is 1. The second-order valence-corrected chi connectivity index (χ2v) is 11.0. The van der Waals surface area contributed by atoms with E-state index in [-0.39, 0.29) is 29.9 Å². The van der Waals surface area contributed by atoms with Gasteiger partial charge in [-0.2, -0.15) is 0 Å². The predicted molar refractivity (Wildman–Crippen MR) is 167 cm³/mol. The second-order valence-electron chi connectivity index (χ2n) is 11.0.